The van der Waals surface area contributed by atoms with Gasteiger partial charge in [0, 0.05) is 31.9 Å². The van der Waals surface area contributed by atoms with Gasteiger partial charge in [-0.15, -0.1) is 0 Å². The number of anilines is 1. The zero-order valence-electron chi connectivity index (χ0n) is 11.1. The molecule has 0 saturated carbocycles. The molecule has 1 atom stereocenters. The van der Waals surface area contributed by atoms with E-state index in [1.54, 1.807) is 12.4 Å². The van der Waals surface area contributed by atoms with Crippen LogP contribution >= 0.6 is 0 Å². The molecule has 0 aromatic carbocycles. The molecule has 1 fully saturated rings. The molecular formula is C14H16N4O2. The van der Waals surface area contributed by atoms with E-state index in [1.807, 2.05) is 12.1 Å². The number of hydrogen-bond acceptors (Lipinski definition) is 5. The Morgan fingerprint density at radius 1 is 1.35 bits per heavy atom. The van der Waals surface area contributed by atoms with Crippen molar-refractivity contribution in [1.82, 2.24) is 15.0 Å². The van der Waals surface area contributed by atoms with Gasteiger partial charge in [0.15, 0.2) is 5.65 Å². The van der Waals surface area contributed by atoms with Crippen LogP contribution in [0.25, 0.3) is 11.2 Å². The highest BCUT2D eigenvalue weighted by atomic mass is 16.4. The molecule has 0 spiro atoms. The van der Waals surface area contributed by atoms with Crippen molar-refractivity contribution in [2.45, 2.75) is 19.3 Å². The maximum Gasteiger partial charge on any atom is 0.303 e. The Morgan fingerprint density at radius 3 is 3.05 bits per heavy atom. The minimum atomic E-state index is -0.728. The molecule has 1 unspecified atom stereocenters. The van der Waals surface area contributed by atoms with Crippen LogP contribution in [0.1, 0.15) is 19.3 Å². The fourth-order valence-electron chi connectivity index (χ4n) is 2.71. The second-order valence-corrected chi connectivity index (χ2v) is 5.12. The molecule has 1 N–H and O–H groups in total. The van der Waals surface area contributed by atoms with E-state index in [-0.39, 0.29) is 12.3 Å². The molecule has 6 nitrogen and oxygen atoms in total. The molecule has 2 aromatic rings. The SMILES string of the molecule is O=C(O)CC1CCCN(c2ccc3nccnc3n2)C1. The van der Waals surface area contributed by atoms with Gasteiger partial charge in [-0.2, -0.15) is 0 Å². The number of carbonyl (C=O) groups is 1. The van der Waals surface area contributed by atoms with Crippen LogP contribution in [0.3, 0.4) is 0 Å². The van der Waals surface area contributed by atoms with Gasteiger partial charge in [0.25, 0.3) is 0 Å². The fourth-order valence-corrected chi connectivity index (χ4v) is 2.71. The second kappa shape index (κ2) is 5.40. The van der Waals surface area contributed by atoms with Crippen LogP contribution in [0.4, 0.5) is 5.82 Å². The van der Waals surface area contributed by atoms with Crippen molar-refractivity contribution in [3.8, 4) is 0 Å². The lowest BCUT2D eigenvalue weighted by Crippen LogP contribution is -2.36. The summed E-state index contributed by atoms with van der Waals surface area (Å²) < 4.78 is 0. The highest BCUT2D eigenvalue weighted by Gasteiger charge is 2.23. The highest BCUT2D eigenvalue weighted by molar-refractivity contribution is 5.71. The molecule has 2 aromatic heterocycles. The number of nitrogens with zero attached hydrogens (tertiary/aromatic N) is 4. The molecule has 20 heavy (non-hydrogen) atoms. The monoisotopic (exact) mass is 272 g/mol. The van der Waals surface area contributed by atoms with E-state index in [1.165, 1.54) is 0 Å². The third-order valence-corrected chi connectivity index (χ3v) is 3.62. The van der Waals surface area contributed by atoms with Crippen LogP contribution in [-0.4, -0.2) is 39.1 Å². The van der Waals surface area contributed by atoms with E-state index in [4.69, 9.17) is 5.11 Å². The first-order valence-electron chi connectivity index (χ1n) is 6.77. The highest BCUT2D eigenvalue weighted by Crippen LogP contribution is 2.24. The number of carboxylic acid groups (broad SMARTS) is 1. The molecule has 3 rings (SSSR count). The Balaban J connectivity index is 1.81. The van der Waals surface area contributed by atoms with Gasteiger partial charge < -0.3 is 10.0 Å². The number of aromatic nitrogens is 3. The predicted molar refractivity (Wildman–Crippen MR) is 74.5 cm³/mol. The molecule has 0 amide bonds. The minimum absolute atomic E-state index is 0.195. The molecule has 0 bridgehead atoms. The van der Waals surface area contributed by atoms with Crippen molar-refractivity contribution >= 4 is 23.0 Å². The van der Waals surface area contributed by atoms with Crippen LogP contribution in [0, 0.1) is 5.92 Å². The van der Waals surface area contributed by atoms with E-state index in [0.717, 1.165) is 37.3 Å². The Hall–Kier alpha value is -2.24. The number of fused-ring (bicyclic) bond motifs is 1. The standard InChI is InChI=1S/C14H16N4O2/c19-13(20)8-10-2-1-7-18(9-10)12-4-3-11-14(17-12)16-6-5-15-11/h3-6,10H,1-2,7-9H2,(H,19,20). The first-order valence-corrected chi connectivity index (χ1v) is 6.77. The number of rotatable bonds is 3. The Bertz CT molecular complexity index is 631. The summed E-state index contributed by atoms with van der Waals surface area (Å²) in [6.07, 6.45) is 5.47. The summed E-state index contributed by atoms with van der Waals surface area (Å²) in [4.78, 5) is 25.9. The lowest BCUT2D eigenvalue weighted by Gasteiger charge is -2.32. The Morgan fingerprint density at radius 2 is 2.20 bits per heavy atom. The fraction of sp³-hybridized carbons (Fsp3) is 0.429. The van der Waals surface area contributed by atoms with Gasteiger partial charge in [0.2, 0.25) is 0 Å². The van der Waals surface area contributed by atoms with E-state index >= 15 is 0 Å². The zero-order valence-corrected chi connectivity index (χ0v) is 11.1. The van der Waals surface area contributed by atoms with Crippen LogP contribution in [0.15, 0.2) is 24.5 Å². The average molecular weight is 272 g/mol. The number of aliphatic carboxylic acids is 1. The molecule has 0 radical (unpaired) electrons. The van der Waals surface area contributed by atoms with Crippen molar-refractivity contribution in [2.24, 2.45) is 5.92 Å². The number of carboxylic acids is 1. The summed E-state index contributed by atoms with van der Waals surface area (Å²) in [5.74, 6) is 0.322. The first-order chi connectivity index (χ1) is 9.72. The smallest absolute Gasteiger partial charge is 0.303 e. The molecule has 104 valence electrons. The van der Waals surface area contributed by atoms with Crippen molar-refractivity contribution in [2.75, 3.05) is 18.0 Å². The molecule has 1 aliphatic heterocycles. The summed E-state index contributed by atoms with van der Waals surface area (Å²) in [7, 11) is 0. The molecule has 0 aliphatic carbocycles. The lowest BCUT2D eigenvalue weighted by atomic mass is 9.95. The van der Waals surface area contributed by atoms with Crippen LogP contribution < -0.4 is 4.90 Å². The predicted octanol–water partition coefficient (Wildman–Crippen LogP) is 1.72. The molecular weight excluding hydrogens is 256 g/mol. The molecule has 6 heteroatoms. The van der Waals surface area contributed by atoms with Gasteiger partial charge in [-0.25, -0.2) is 9.97 Å². The zero-order chi connectivity index (χ0) is 13.9. The van der Waals surface area contributed by atoms with Gasteiger partial charge in [-0.05, 0) is 30.9 Å². The second-order valence-electron chi connectivity index (χ2n) is 5.12. The first kappa shape index (κ1) is 12.8. The van der Waals surface area contributed by atoms with Gasteiger partial charge in [0.05, 0.1) is 0 Å². The van der Waals surface area contributed by atoms with E-state index in [0.29, 0.717) is 5.65 Å². The topological polar surface area (TPSA) is 79.2 Å². The van der Waals surface area contributed by atoms with Crippen LogP contribution in [0.2, 0.25) is 0 Å². The van der Waals surface area contributed by atoms with Gasteiger partial charge in [-0.3, -0.25) is 9.78 Å². The number of pyridine rings is 1. The number of piperidine rings is 1. The quantitative estimate of drug-likeness (QED) is 0.916. The third-order valence-electron chi connectivity index (χ3n) is 3.62. The Labute approximate surface area is 116 Å². The summed E-state index contributed by atoms with van der Waals surface area (Å²) in [6.45, 7) is 1.65. The molecule has 1 aliphatic rings. The maximum atomic E-state index is 10.8. The summed E-state index contributed by atoms with van der Waals surface area (Å²) in [5, 5.41) is 8.91. The van der Waals surface area contributed by atoms with Gasteiger partial charge in [0.1, 0.15) is 11.3 Å². The van der Waals surface area contributed by atoms with E-state index in [9.17, 15) is 4.79 Å². The van der Waals surface area contributed by atoms with Crippen molar-refractivity contribution in [3.05, 3.63) is 24.5 Å². The number of hydrogen-bond donors (Lipinski definition) is 1. The van der Waals surface area contributed by atoms with Crippen LogP contribution in [0.5, 0.6) is 0 Å². The van der Waals surface area contributed by atoms with Gasteiger partial charge in [-0.1, -0.05) is 0 Å². The lowest BCUT2D eigenvalue weighted by molar-refractivity contribution is -0.138. The minimum Gasteiger partial charge on any atom is -0.481 e. The Kier molecular flexibility index (Phi) is 3.45. The molecule has 3 heterocycles. The third kappa shape index (κ3) is 2.68. The van der Waals surface area contributed by atoms with Crippen molar-refractivity contribution < 1.29 is 9.90 Å². The van der Waals surface area contributed by atoms with Crippen molar-refractivity contribution in [1.29, 1.82) is 0 Å². The van der Waals surface area contributed by atoms with Crippen LogP contribution in [-0.2, 0) is 4.79 Å². The maximum absolute atomic E-state index is 10.8. The summed E-state index contributed by atoms with van der Waals surface area (Å²) in [5.41, 5.74) is 1.40. The largest absolute Gasteiger partial charge is 0.481 e. The van der Waals surface area contributed by atoms with Crippen molar-refractivity contribution in [3.63, 3.8) is 0 Å². The normalized spacial score (nSPS) is 19.2. The van der Waals surface area contributed by atoms with Gasteiger partial charge >= 0.3 is 5.97 Å². The van der Waals surface area contributed by atoms with E-state index in [2.05, 4.69) is 19.9 Å². The molecule has 1 saturated heterocycles. The van der Waals surface area contributed by atoms with E-state index < -0.39 is 5.97 Å². The average Bonchev–Trinajstić information content (AvgIpc) is 2.46. The summed E-state index contributed by atoms with van der Waals surface area (Å²) >= 11 is 0. The summed E-state index contributed by atoms with van der Waals surface area (Å²) in [6, 6.07) is 3.84.